The van der Waals surface area contributed by atoms with Gasteiger partial charge < -0.3 is 0 Å². The van der Waals surface area contributed by atoms with Crippen LogP contribution in [-0.2, 0) is 13.1 Å². The van der Waals surface area contributed by atoms with Gasteiger partial charge in [0.2, 0.25) is 0 Å². The van der Waals surface area contributed by atoms with Gasteiger partial charge in [0.05, 0.1) is 21.3 Å². The molecule has 1 saturated heterocycles. The fraction of sp³-hybridized carbons (Fsp3) is 0.412. The van der Waals surface area contributed by atoms with Crippen LogP contribution < -0.4 is 0 Å². The standard InChI is InChI=1S/C17H21N5S2/c1-13-19-14(12-23-13)10-21-6-8-22(9-7-21)11-15-2-3-17(24-15)16-4-5-18-20-16/h2-5,12H,6-11H2,1H3,(H,18,20). The van der Waals surface area contributed by atoms with E-state index in [1.165, 1.54) is 15.4 Å². The monoisotopic (exact) mass is 359 g/mol. The maximum absolute atomic E-state index is 4.58. The van der Waals surface area contributed by atoms with Crippen molar-refractivity contribution >= 4 is 22.7 Å². The Balaban J connectivity index is 1.29. The summed E-state index contributed by atoms with van der Waals surface area (Å²) in [5, 5.41) is 10.4. The summed E-state index contributed by atoms with van der Waals surface area (Å²) in [6.45, 7) is 8.60. The second-order valence-electron chi connectivity index (χ2n) is 6.15. The van der Waals surface area contributed by atoms with Crippen LogP contribution in [0.25, 0.3) is 10.6 Å². The number of aromatic nitrogens is 3. The van der Waals surface area contributed by atoms with Crippen molar-refractivity contribution < 1.29 is 0 Å². The molecule has 3 aromatic rings. The van der Waals surface area contributed by atoms with Gasteiger partial charge >= 0.3 is 0 Å². The van der Waals surface area contributed by atoms with Crippen LogP contribution in [-0.4, -0.2) is 51.2 Å². The largest absolute Gasteiger partial charge is 0.296 e. The highest BCUT2D eigenvalue weighted by atomic mass is 32.1. The van der Waals surface area contributed by atoms with Crippen LogP contribution in [0, 0.1) is 6.92 Å². The van der Waals surface area contributed by atoms with E-state index in [9.17, 15) is 0 Å². The molecule has 0 aliphatic carbocycles. The van der Waals surface area contributed by atoms with Crippen molar-refractivity contribution in [1.29, 1.82) is 0 Å². The predicted octanol–water partition coefficient (Wildman–Crippen LogP) is 3.22. The lowest BCUT2D eigenvalue weighted by molar-refractivity contribution is 0.122. The number of aryl methyl sites for hydroxylation is 1. The lowest BCUT2D eigenvalue weighted by Gasteiger charge is -2.34. The summed E-state index contributed by atoms with van der Waals surface area (Å²) < 4.78 is 0. The molecule has 0 aromatic carbocycles. The molecular formula is C17H21N5S2. The van der Waals surface area contributed by atoms with Crippen molar-refractivity contribution in [3.8, 4) is 10.6 Å². The Morgan fingerprint density at radius 1 is 1.08 bits per heavy atom. The van der Waals surface area contributed by atoms with Crippen LogP contribution >= 0.6 is 22.7 Å². The molecule has 4 rings (SSSR count). The number of hydrogen-bond acceptors (Lipinski definition) is 6. The minimum Gasteiger partial charge on any atom is -0.296 e. The Morgan fingerprint density at radius 2 is 1.88 bits per heavy atom. The number of thiazole rings is 1. The van der Waals surface area contributed by atoms with Gasteiger partial charge in [0.1, 0.15) is 0 Å². The number of thiophene rings is 1. The SMILES string of the molecule is Cc1nc(CN2CCN(Cc3ccc(-c4ccn[nH]4)s3)CC2)cs1. The van der Waals surface area contributed by atoms with Crippen LogP contribution in [0.4, 0.5) is 0 Å². The summed E-state index contributed by atoms with van der Waals surface area (Å²) in [6, 6.07) is 6.45. The molecule has 0 bridgehead atoms. The summed E-state index contributed by atoms with van der Waals surface area (Å²) in [6.07, 6.45) is 1.80. The van der Waals surface area contributed by atoms with Crippen molar-refractivity contribution in [2.45, 2.75) is 20.0 Å². The molecule has 0 spiro atoms. The molecule has 1 aliphatic heterocycles. The number of nitrogens with one attached hydrogen (secondary N) is 1. The van der Waals surface area contributed by atoms with E-state index in [0.29, 0.717) is 0 Å². The molecule has 24 heavy (non-hydrogen) atoms. The van der Waals surface area contributed by atoms with Gasteiger partial charge in [0.15, 0.2) is 0 Å². The van der Waals surface area contributed by atoms with Crippen molar-refractivity contribution in [3.05, 3.63) is 45.4 Å². The number of nitrogens with zero attached hydrogens (tertiary/aromatic N) is 4. The normalized spacial score (nSPS) is 16.7. The molecule has 3 aromatic heterocycles. The second kappa shape index (κ2) is 7.14. The molecule has 4 heterocycles. The van der Waals surface area contributed by atoms with E-state index in [2.05, 4.69) is 49.4 Å². The van der Waals surface area contributed by atoms with Crippen molar-refractivity contribution in [1.82, 2.24) is 25.0 Å². The Bertz CT molecular complexity index is 769. The average Bonchev–Trinajstić information content (AvgIpc) is 3.31. The smallest absolute Gasteiger partial charge is 0.0897 e. The Kier molecular flexibility index (Phi) is 4.75. The van der Waals surface area contributed by atoms with Gasteiger partial charge in [-0.15, -0.1) is 22.7 Å². The molecule has 0 amide bonds. The van der Waals surface area contributed by atoms with Gasteiger partial charge in [-0.1, -0.05) is 0 Å². The first-order chi connectivity index (χ1) is 11.8. The zero-order valence-corrected chi connectivity index (χ0v) is 15.4. The first kappa shape index (κ1) is 16.0. The summed E-state index contributed by atoms with van der Waals surface area (Å²) in [4.78, 5) is 12.3. The summed E-state index contributed by atoms with van der Waals surface area (Å²) in [5.74, 6) is 0. The van der Waals surface area contributed by atoms with Crippen LogP contribution in [0.2, 0.25) is 0 Å². The predicted molar refractivity (Wildman–Crippen MR) is 99.3 cm³/mol. The third kappa shape index (κ3) is 3.75. The summed E-state index contributed by atoms with van der Waals surface area (Å²) in [7, 11) is 0. The Morgan fingerprint density at radius 3 is 2.54 bits per heavy atom. The van der Waals surface area contributed by atoms with Crippen molar-refractivity contribution in [3.63, 3.8) is 0 Å². The van der Waals surface area contributed by atoms with Gasteiger partial charge in [-0.3, -0.25) is 14.9 Å². The van der Waals surface area contributed by atoms with Crippen molar-refractivity contribution in [2.75, 3.05) is 26.2 Å². The fourth-order valence-corrected chi connectivity index (χ4v) is 4.67. The Labute approximate surface area is 150 Å². The molecule has 0 atom stereocenters. The molecule has 1 aliphatic rings. The van der Waals surface area contributed by atoms with Crippen LogP contribution in [0.1, 0.15) is 15.6 Å². The van der Waals surface area contributed by atoms with Crippen molar-refractivity contribution in [2.24, 2.45) is 0 Å². The zero-order chi connectivity index (χ0) is 16.4. The molecular weight excluding hydrogens is 338 g/mol. The highest BCUT2D eigenvalue weighted by molar-refractivity contribution is 7.15. The quantitative estimate of drug-likeness (QED) is 0.760. The molecule has 0 radical (unpaired) electrons. The van der Waals surface area contributed by atoms with E-state index in [4.69, 9.17) is 0 Å². The van der Waals surface area contributed by atoms with Crippen LogP contribution in [0.5, 0.6) is 0 Å². The van der Waals surface area contributed by atoms with Gasteiger partial charge in [0.25, 0.3) is 0 Å². The third-order valence-electron chi connectivity index (χ3n) is 4.32. The average molecular weight is 360 g/mol. The number of aromatic amines is 1. The number of rotatable bonds is 5. The fourth-order valence-electron chi connectivity index (χ4n) is 3.04. The van der Waals surface area contributed by atoms with E-state index in [-0.39, 0.29) is 0 Å². The molecule has 7 heteroatoms. The third-order valence-corrected chi connectivity index (χ3v) is 6.25. The Hall–Kier alpha value is -1.54. The maximum Gasteiger partial charge on any atom is 0.0897 e. The first-order valence-electron chi connectivity index (χ1n) is 8.20. The van der Waals surface area contributed by atoms with Gasteiger partial charge in [-0.2, -0.15) is 5.10 Å². The molecule has 0 saturated carbocycles. The molecule has 126 valence electrons. The minimum atomic E-state index is 0.987. The number of piperazine rings is 1. The highest BCUT2D eigenvalue weighted by Gasteiger charge is 2.18. The van der Waals surface area contributed by atoms with Gasteiger partial charge in [-0.25, -0.2) is 4.98 Å². The zero-order valence-electron chi connectivity index (χ0n) is 13.7. The molecule has 0 unspecified atom stereocenters. The number of hydrogen-bond donors (Lipinski definition) is 1. The van der Waals surface area contributed by atoms with Crippen LogP contribution in [0.3, 0.4) is 0 Å². The first-order valence-corrected chi connectivity index (χ1v) is 9.90. The molecule has 1 N–H and O–H groups in total. The van der Waals surface area contributed by atoms with E-state index in [1.807, 2.05) is 17.4 Å². The highest BCUT2D eigenvalue weighted by Crippen LogP contribution is 2.27. The number of H-pyrrole nitrogens is 1. The molecule has 1 fully saturated rings. The maximum atomic E-state index is 4.58. The lowest BCUT2D eigenvalue weighted by atomic mass is 10.3. The van der Waals surface area contributed by atoms with Crippen LogP contribution in [0.15, 0.2) is 29.8 Å². The minimum absolute atomic E-state index is 0.987. The second-order valence-corrected chi connectivity index (χ2v) is 8.38. The topological polar surface area (TPSA) is 48.1 Å². The van der Waals surface area contributed by atoms with E-state index < -0.39 is 0 Å². The summed E-state index contributed by atoms with van der Waals surface area (Å²) in [5.41, 5.74) is 2.32. The van der Waals surface area contributed by atoms with E-state index >= 15 is 0 Å². The lowest BCUT2D eigenvalue weighted by Crippen LogP contribution is -2.45. The van der Waals surface area contributed by atoms with E-state index in [1.54, 1.807) is 17.5 Å². The molecule has 5 nitrogen and oxygen atoms in total. The van der Waals surface area contributed by atoms with Gasteiger partial charge in [-0.05, 0) is 25.1 Å². The van der Waals surface area contributed by atoms with Gasteiger partial charge in [0, 0.05) is 55.7 Å². The van der Waals surface area contributed by atoms with E-state index in [0.717, 1.165) is 50.0 Å². The summed E-state index contributed by atoms with van der Waals surface area (Å²) >= 11 is 3.60.